The van der Waals surface area contributed by atoms with Crippen molar-refractivity contribution in [3.63, 3.8) is 0 Å². The summed E-state index contributed by atoms with van der Waals surface area (Å²) in [7, 11) is 0. The van der Waals surface area contributed by atoms with E-state index in [-0.39, 0.29) is 16.9 Å². The number of fused-ring (bicyclic) bond motifs is 1. The van der Waals surface area contributed by atoms with Gasteiger partial charge in [-0.15, -0.1) is 23.4 Å². The Labute approximate surface area is 135 Å². The maximum atomic E-state index is 14.3. The first-order chi connectivity index (χ1) is 11.6. The summed E-state index contributed by atoms with van der Waals surface area (Å²) < 4.78 is 82.5. The maximum Gasteiger partial charge on any atom is 0.573 e. The molecule has 3 rings (SSSR count). The zero-order chi connectivity index (χ0) is 18.4. The summed E-state index contributed by atoms with van der Waals surface area (Å²) in [6.07, 6.45) is -5.08. The lowest BCUT2D eigenvalue weighted by Crippen LogP contribution is -2.18. The van der Waals surface area contributed by atoms with E-state index < -0.39 is 29.7 Å². The largest absolute Gasteiger partial charge is 0.573 e. The SMILES string of the molecule is CC(F)(F)c1nnc2ccc(-c3cccc(OC(F)(F)F)c3F)nn12. The molecule has 0 aliphatic rings. The highest BCUT2D eigenvalue weighted by Gasteiger charge is 2.34. The van der Waals surface area contributed by atoms with E-state index in [1.54, 1.807) is 0 Å². The fourth-order valence-electron chi connectivity index (χ4n) is 2.12. The van der Waals surface area contributed by atoms with E-state index in [1.165, 1.54) is 12.1 Å². The van der Waals surface area contributed by atoms with Crippen molar-refractivity contribution >= 4 is 5.65 Å². The Kier molecular flexibility index (Phi) is 3.81. The summed E-state index contributed by atoms with van der Waals surface area (Å²) in [4.78, 5) is 0. The molecule has 5 nitrogen and oxygen atoms in total. The first-order valence-electron chi connectivity index (χ1n) is 6.71. The Morgan fingerprint density at radius 1 is 1.00 bits per heavy atom. The van der Waals surface area contributed by atoms with Gasteiger partial charge in [-0.25, -0.2) is 4.39 Å². The van der Waals surface area contributed by atoms with Crippen LogP contribution in [0.15, 0.2) is 30.3 Å². The third-order valence-electron chi connectivity index (χ3n) is 3.12. The van der Waals surface area contributed by atoms with Gasteiger partial charge in [0.15, 0.2) is 17.2 Å². The van der Waals surface area contributed by atoms with Crippen LogP contribution in [0.4, 0.5) is 26.3 Å². The Hall–Kier alpha value is -2.85. The molecule has 0 bridgehead atoms. The van der Waals surface area contributed by atoms with Crippen molar-refractivity contribution < 1.29 is 31.1 Å². The summed E-state index contributed by atoms with van der Waals surface area (Å²) in [5.41, 5.74) is -0.575. The predicted molar refractivity (Wildman–Crippen MR) is 72.4 cm³/mol. The zero-order valence-electron chi connectivity index (χ0n) is 12.4. The normalized spacial score (nSPS) is 12.6. The fourth-order valence-corrected chi connectivity index (χ4v) is 2.12. The third kappa shape index (κ3) is 3.35. The van der Waals surface area contributed by atoms with Crippen molar-refractivity contribution in [3.8, 4) is 17.0 Å². The van der Waals surface area contributed by atoms with Crippen LogP contribution < -0.4 is 4.74 Å². The third-order valence-corrected chi connectivity index (χ3v) is 3.12. The summed E-state index contributed by atoms with van der Waals surface area (Å²) in [6.45, 7) is 0.580. The summed E-state index contributed by atoms with van der Waals surface area (Å²) >= 11 is 0. The monoisotopic (exact) mass is 362 g/mol. The second kappa shape index (κ2) is 5.60. The molecule has 0 atom stereocenters. The molecule has 25 heavy (non-hydrogen) atoms. The molecular formula is C14H8F6N4O. The Morgan fingerprint density at radius 3 is 2.36 bits per heavy atom. The molecule has 0 unspecified atom stereocenters. The molecule has 0 fully saturated rings. The molecule has 0 saturated heterocycles. The molecule has 132 valence electrons. The van der Waals surface area contributed by atoms with Gasteiger partial charge in [-0.1, -0.05) is 6.07 Å². The predicted octanol–water partition coefficient (Wildman–Crippen LogP) is 3.94. The van der Waals surface area contributed by atoms with Gasteiger partial charge < -0.3 is 4.74 Å². The number of halogens is 6. The topological polar surface area (TPSA) is 52.3 Å². The summed E-state index contributed by atoms with van der Waals surface area (Å²) in [5.74, 6) is -6.54. The van der Waals surface area contributed by atoms with Gasteiger partial charge in [-0.2, -0.15) is 18.4 Å². The number of rotatable bonds is 3. The lowest BCUT2D eigenvalue weighted by molar-refractivity contribution is -0.275. The van der Waals surface area contributed by atoms with E-state index in [2.05, 4.69) is 20.0 Å². The van der Waals surface area contributed by atoms with Crippen LogP contribution >= 0.6 is 0 Å². The molecule has 0 saturated carbocycles. The average Bonchev–Trinajstić information content (AvgIpc) is 2.91. The van der Waals surface area contributed by atoms with E-state index in [4.69, 9.17) is 0 Å². The van der Waals surface area contributed by atoms with Gasteiger partial charge in [0.1, 0.15) is 0 Å². The molecule has 2 aromatic heterocycles. The molecular weight excluding hydrogens is 354 g/mol. The summed E-state index contributed by atoms with van der Waals surface area (Å²) in [6, 6.07) is 5.50. The number of nitrogens with zero attached hydrogens (tertiary/aromatic N) is 4. The van der Waals surface area contributed by atoms with Crippen molar-refractivity contribution in [1.29, 1.82) is 0 Å². The first-order valence-corrected chi connectivity index (χ1v) is 6.71. The molecule has 2 heterocycles. The Balaban J connectivity index is 2.12. The van der Waals surface area contributed by atoms with Crippen LogP contribution in [-0.4, -0.2) is 26.2 Å². The van der Waals surface area contributed by atoms with Crippen molar-refractivity contribution in [3.05, 3.63) is 42.0 Å². The number of alkyl halides is 5. The standard InChI is InChI=1S/C14H8F6N4O/c1-13(16,17)12-22-21-10-6-5-8(23-24(10)12)7-3-2-4-9(11(7)15)25-14(18,19)20/h2-6H,1H3. The molecule has 0 N–H and O–H groups in total. The molecule has 3 aromatic rings. The Bertz CT molecular complexity index is 931. The maximum absolute atomic E-state index is 14.3. The van der Waals surface area contributed by atoms with E-state index in [0.29, 0.717) is 11.4 Å². The molecule has 0 aliphatic carbocycles. The highest BCUT2D eigenvalue weighted by Crippen LogP contribution is 2.32. The van der Waals surface area contributed by atoms with Gasteiger partial charge in [0.05, 0.1) is 5.69 Å². The molecule has 0 amide bonds. The lowest BCUT2D eigenvalue weighted by atomic mass is 10.1. The highest BCUT2D eigenvalue weighted by atomic mass is 19.4. The van der Waals surface area contributed by atoms with Crippen molar-refractivity contribution in [2.24, 2.45) is 0 Å². The minimum atomic E-state index is -5.08. The van der Waals surface area contributed by atoms with Crippen molar-refractivity contribution in [2.45, 2.75) is 19.2 Å². The lowest BCUT2D eigenvalue weighted by Gasteiger charge is -2.12. The van der Waals surface area contributed by atoms with E-state index in [1.807, 2.05) is 0 Å². The van der Waals surface area contributed by atoms with Crippen molar-refractivity contribution in [2.75, 3.05) is 0 Å². The van der Waals surface area contributed by atoms with Crippen LogP contribution in [0, 0.1) is 5.82 Å². The number of ether oxygens (including phenoxy) is 1. The van der Waals surface area contributed by atoms with Crippen LogP contribution in [0.1, 0.15) is 12.7 Å². The smallest absolute Gasteiger partial charge is 0.403 e. The number of hydrogen-bond acceptors (Lipinski definition) is 4. The fraction of sp³-hybridized carbons (Fsp3) is 0.214. The van der Waals surface area contributed by atoms with Gasteiger partial charge >= 0.3 is 12.3 Å². The molecule has 0 spiro atoms. The summed E-state index contributed by atoms with van der Waals surface area (Å²) in [5, 5.41) is 10.6. The minimum absolute atomic E-state index is 0.0246. The average molecular weight is 362 g/mol. The van der Waals surface area contributed by atoms with Crippen molar-refractivity contribution in [1.82, 2.24) is 19.8 Å². The van der Waals surface area contributed by atoms with Crippen LogP contribution in [0.3, 0.4) is 0 Å². The van der Waals surface area contributed by atoms with Crippen LogP contribution in [0.25, 0.3) is 16.9 Å². The van der Waals surface area contributed by atoms with Gasteiger partial charge in [-0.3, -0.25) is 0 Å². The van der Waals surface area contributed by atoms with Gasteiger partial charge in [0.2, 0.25) is 5.82 Å². The van der Waals surface area contributed by atoms with E-state index in [0.717, 1.165) is 18.2 Å². The van der Waals surface area contributed by atoms with E-state index >= 15 is 0 Å². The second-order valence-electron chi connectivity index (χ2n) is 5.07. The van der Waals surface area contributed by atoms with Gasteiger partial charge in [0.25, 0.3) is 0 Å². The number of hydrogen-bond donors (Lipinski definition) is 0. The number of benzene rings is 1. The van der Waals surface area contributed by atoms with Crippen LogP contribution in [-0.2, 0) is 5.92 Å². The Morgan fingerprint density at radius 2 is 1.72 bits per heavy atom. The van der Waals surface area contributed by atoms with E-state index in [9.17, 15) is 26.3 Å². The quantitative estimate of drug-likeness (QED) is 0.663. The first kappa shape index (κ1) is 17.0. The molecule has 0 radical (unpaired) electrons. The molecule has 0 aliphatic heterocycles. The molecule has 1 aromatic carbocycles. The van der Waals surface area contributed by atoms with Crippen LogP contribution in [0.2, 0.25) is 0 Å². The van der Waals surface area contributed by atoms with Crippen LogP contribution in [0.5, 0.6) is 5.75 Å². The second-order valence-corrected chi connectivity index (χ2v) is 5.07. The molecule has 11 heteroatoms. The van der Waals surface area contributed by atoms with Gasteiger partial charge in [-0.05, 0) is 24.3 Å². The highest BCUT2D eigenvalue weighted by molar-refractivity contribution is 5.63. The number of aromatic nitrogens is 4. The zero-order valence-corrected chi connectivity index (χ0v) is 12.4. The minimum Gasteiger partial charge on any atom is -0.403 e. The van der Waals surface area contributed by atoms with Gasteiger partial charge in [0, 0.05) is 12.5 Å².